The van der Waals surface area contributed by atoms with Crippen LogP contribution in [0.2, 0.25) is 0 Å². The summed E-state index contributed by atoms with van der Waals surface area (Å²) >= 11 is 8.14. The lowest BCUT2D eigenvalue weighted by Crippen LogP contribution is -2.20. The zero-order chi connectivity index (χ0) is 10.9. The Kier molecular flexibility index (Phi) is 6.90. The van der Waals surface area contributed by atoms with E-state index >= 15 is 0 Å². The molecule has 1 unspecified atom stereocenters. The molecule has 0 bridgehead atoms. The van der Waals surface area contributed by atoms with Gasteiger partial charge in [-0.05, 0) is 30.5 Å². The molecule has 0 heterocycles. The zero-order valence-corrected chi connectivity index (χ0v) is 10.7. The Morgan fingerprint density at radius 2 is 2.07 bits per heavy atom. The van der Waals surface area contributed by atoms with Crippen LogP contribution >= 0.6 is 23.4 Å². The topological polar surface area (TPSA) is 12.0 Å². The number of hydrogen-bond donors (Lipinski definition) is 1. The van der Waals surface area contributed by atoms with E-state index in [0.717, 1.165) is 13.1 Å². The number of thioether (sulfide) groups is 1. The molecule has 15 heavy (non-hydrogen) atoms. The highest BCUT2D eigenvalue weighted by atomic mass is 35.5. The molecular weight excluding hydrogens is 226 g/mol. The maximum Gasteiger partial charge on any atom is 0.0709 e. The normalized spacial score (nSPS) is 12.7. The number of halogens is 1. The van der Waals surface area contributed by atoms with Crippen LogP contribution in [-0.2, 0) is 0 Å². The van der Waals surface area contributed by atoms with Crippen molar-refractivity contribution in [2.24, 2.45) is 0 Å². The molecule has 1 N–H and O–H groups in total. The lowest BCUT2D eigenvalue weighted by molar-refractivity contribution is 0.664. The molecule has 0 spiro atoms. The number of hydrogen-bond acceptors (Lipinski definition) is 2. The minimum absolute atomic E-state index is 0.0838. The van der Waals surface area contributed by atoms with Crippen molar-refractivity contribution in [2.75, 3.05) is 25.1 Å². The van der Waals surface area contributed by atoms with Gasteiger partial charge in [-0.1, -0.05) is 30.3 Å². The quantitative estimate of drug-likeness (QED) is 0.583. The minimum atomic E-state index is 0.0838. The zero-order valence-electron chi connectivity index (χ0n) is 9.08. The van der Waals surface area contributed by atoms with Crippen LogP contribution in [0.25, 0.3) is 0 Å². The molecule has 3 heteroatoms. The van der Waals surface area contributed by atoms with Gasteiger partial charge in [0.25, 0.3) is 0 Å². The van der Waals surface area contributed by atoms with Gasteiger partial charge in [0.05, 0.1) is 5.38 Å². The molecule has 1 nitrogen and oxygen atoms in total. The third-order valence-electron chi connectivity index (χ3n) is 2.19. The summed E-state index contributed by atoms with van der Waals surface area (Å²) in [5.74, 6) is 1.21. The van der Waals surface area contributed by atoms with Gasteiger partial charge in [0.1, 0.15) is 0 Å². The van der Waals surface area contributed by atoms with Crippen molar-refractivity contribution in [2.45, 2.75) is 11.8 Å². The average Bonchev–Trinajstić information content (AvgIpc) is 2.30. The Morgan fingerprint density at radius 1 is 1.33 bits per heavy atom. The minimum Gasteiger partial charge on any atom is -0.315 e. The number of nitrogens with one attached hydrogen (secondary N) is 1. The van der Waals surface area contributed by atoms with Gasteiger partial charge >= 0.3 is 0 Å². The number of rotatable bonds is 7. The lowest BCUT2D eigenvalue weighted by Gasteiger charge is -2.10. The Balaban J connectivity index is 2.16. The van der Waals surface area contributed by atoms with E-state index in [-0.39, 0.29) is 5.38 Å². The highest BCUT2D eigenvalue weighted by molar-refractivity contribution is 7.98. The molecule has 0 aromatic heterocycles. The van der Waals surface area contributed by atoms with Crippen molar-refractivity contribution in [1.29, 1.82) is 0 Å². The van der Waals surface area contributed by atoms with Gasteiger partial charge in [-0.2, -0.15) is 11.8 Å². The molecule has 0 aliphatic heterocycles. The average molecular weight is 244 g/mol. The Bertz CT molecular complexity index is 253. The third-order valence-corrected chi connectivity index (χ3v) is 3.29. The second-order valence-corrected chi connectivity index (χ2v) is 4.94. The summed E-state index contributed by atoms with van der Waals surface area (Å²) in [5.41, 5.74) is 1.19. The molecule has 1 aromatic rings. The van der Waals surface area contributed by atoms with Crippen molar-refractivity contribution in [3.63, 3.8) is 0 Å². The van der Waals surface area contributed by atoms with E-state index in [1.807, 2.05) is 30.0 Å². The first-order valence-electron chi connectivity index (χ1n) is 5.23. The summed E-state index contributed by atoms with van der Waals surface area (Å²) in [6.45, 7) is 1.90. The summed E-state index contributed by atoms with van der Waals surface area (Å²) in [4.78, 5) is 0. The van der Waals surface area contributed by atoms with E-state index in [0.29, 0.717) is 0 Å². The van der Waals surface area contributed by atoms with E-state index < -0.39 is 0 Å². The van der Waals surface area contributed by atoms with E-state index in [1.165, 1.54) is 17.7 Å². The van der Waals surface area contributed by atoms with Gasteiger partial charge in [0, 0.05) is 6.54 Å². The Hall–Kier alpha value is -0.180. The first-order chi connectivity index (χ1) is 7.34. The lowest BCUT2D eigenvalue weighted by atomic mass is 10.1. The molecule has 0 amide bonds. The van der Waals surface area contributed by atoms with Gasteiger partial charge in [-0.3, -0.25) is 0 Å². The molecule has 0 fully saturated rings. The third kappa shape index (κ3) is 5.45. The number of benzene rings is 1. The van der Waals surface area contributed by atoms with Crippen molar-refractivity contribution in [3.05, 3.63) is 35.9 Å². The summed E-state index contributed by atoms with van der Waals surface area (Å²) in [7, 11) is 0. The Morgan fingerprint density at radius 3 is 2.73 bits per heavy atom. The standard InChI is InChI=1S/C12H18ClNS/c1-15-9-5-8-14-10-12(13)11-6-3-2-4-7-11/h2-4,6-7,12,14H,5,8-10H2,1H3. The van der Waals surface area contributed by atoms with Crippen molar-refractivity contribution in [1.82, 2.24) is 5.32 Å². The number of alkyl halides is 1. The molecule has 0 saturated carbocycles. The van der Waals surface area contributed by atoms with Gasteiger partial charge in [-0.15, -0.1) is 11.6 Å². The van der Waals surface area contributed by atoms with Gasteiger partial charge in [0.15, 0.2) is 0 Å². The van der Waals surface area contributed by atoms with E-state index in [2.05, 4.69) is 23.7 Å². The molecule has 1 rings (SSSR count). The SMILES string of the molecule is CSCCCNCC(Cl)c1ccccc1. The highest BCUT2D eigenvalue weighted by Crippen LogP contribution is 2.18. The molecule has 0 aliphatic carbocycles. The van der Waals surface area contributed by atoms with Crippen LogP contribution in [0, 0.1) is 0 Å². The predicted octanol–water partition coefficient (Wildman–Crippen LogP) is 3.31. The second kappa shape index (κ2) is 8.03. The second-order valence-electron chi connectivity index (χ2n) is 3.43. The van der Waals surface area contributed by atoms with E-state index in [1.54, 1.807) is 0 Å². The highest BCUT2D eigenvalue weighted by Gasteiger charge is 2.05. The fourth-order valence-electron chi connectivity index (χ4n) is 1.35. The van der Waals surface area contributed by atoms with Gasteiger partial charge in [-0.25, -0.2) is 0 Å². The van der Waals surface area contributed by atoms with Crippen molar-refractivity contribution in [3.8, 4) is 0 Å². The van der Waals surface area contributed by atoms with E-state index in [4.69, 9.17) is 11.6 Å². The molecular formula is C12H18ClNS. The fourth-order valence-corrected chi connectivity index (χ4v) is 2.04. The fraction of sp³-hybridized carbons (Fsp3) is 0.500. The van der Waals surface area contributed by atoms with Crippen LogP contribution in [0.4, 0.5) is 0 Å². The van der Waals surface area contributed by atoms with Crippen LogP contribution in [0.1, 0.15) is 17.4 Å². The summed E-state index contributed by atoms with van der Waals surface area (Å²) in [6.07, 6.45) is 3.34. The maximum absolute atomic E-state index is 6.25. The van der Waals surface area contributed by atoms with Gasteiger partial charge < -0.3 is 5.32 Å². The van der Waals surface area contributed by atoms with Crippen molar-refractivity contribution < 1.29 is 0 Å². The van der Waals surface area contributed by atoms with E-state index in [9.17, 15) is 0 Å². The molecule has 1 aromatic carbocycles. The smallest absolute Gasteiger partial charge is 0.0709 e. The largest absolute Gasteiger partial charge is 0.315 e. The maximum atomic E-state index is 6.25. The van der Waals surface area contributed by atoms with Crippen LogP contribution in [0.15, 0.2) is 30.3 Å². The molecule has 0 saturated heterocycles. The summed E-state index contributed by atoms with van der Waals surface area (Å²) in [5, 5.41) is 3.46. The van der Waals surface area contributed by atoms with Crippen LogP contribution in [0.5, 0.6) is 0 Å². The van der Waals surface area contributed by atoms with Gasteiger partial charge in [0.2, 0.25) is 0 Å². The monoisotopic (exact) mass is 243 g/mol. The van der Waals surface area contributed by atoms with Crippen molar-refractivity contribution >= 4 is 23.4 Å². The van der Waals surface area contributed by atoms with Crippen LogP contribution in [-0.4, -0.2) is 25.1 Å². The molecule has 1 atom stereocenters. The summed E-state index contributed by atoms with van der Waals surface area (Å²) in [6, 6.07) is 10.2. The molecule has 84 valence electrons. The molecule has 0 radical (unpaired) electrons. The Labute approximate surface area is 102 Å². The first-order valence-corrected chi connectivity index (χ1v) is 7.06. The van der Waals surface area contributed by atoms with Crippen LogP contribution in [0.3, 0.4) is 0 Å². The van der Waals surface area contributed by atoms with Crippen LogP contribution < -0.4 is 5.32 Å². The first kappa shape index (κ1) is 12.9. The summed E-state index contributed by atoms with van der Waals surface area (Å²) < 4.78 is 0. The molecule has 0 aliphatic rings. The predicted molar refractivity (Wildman–Crippen MR) is 70.9 cm³/mol.